The summed E-state index contributed by atoms with van der Waals surface area (Å²) in [7, 11) is 0. The molecule has 0 aromatic heterocycles. The largest absolute Gasteiger partial charge is 0.481 e. The molecule has 0 aromatic rings. The molecule has 0 amide bonds. The molecule has 2 heteroatoms. The standard InChI is InChI=1S/C8H12O2/c1-2-3-4-6-5-7(6)8(9)10/h2,6-7H,1,3-5H2,(H,9,10)/t6-,7+/m1/s1. The van der Waals surface area contributed by atoms with Crippen molar-refractivity contribution < 1.29 is 9.90 Å². The van der Waals surface area contributed by atoms with Crippen LogP contribution in [0.25, 0.3) is 0 Å². The van der Waals surface area contributed by atoms with Crippen molar-refractivity contribution >= 4 is 5.97 Å². The van der Waals surface area contributed by atoms with Gasteiger partial charge in [-0.3, -0.25) is 4.79 Å². The van der Waals surface area contributed by atoms with Crippen LogP contribution >= 0.6 is 0 Å². The number of aliphatic carboxylic acids is 1. The lowest BCUT2D eigenvalue weighted by Crippen LogP contribution is -1.98. The molecule has 10 heavy (non-hydrogen) atoms. The minimum atomic E-state index is -0.630. The molecule has 1 N–H and O–H groups in total. The van der Waals surface area contributed by atoms with Crippen molar-refractivity contribution in [1.82, 2.24) is 0 Å². The summed E-state index contributed by atoms with van der Waals surface area (Å²) in [6.07, 6.45) is 4.68. The van der Waals surface area contributed by atoms with Crippen molar-refractivity contribution in [2.45, 2.75) is 19.3 Å². The van der Waals surface area contributed by atoms with Gasteiger partial charge in [0.05, 0.1) is 5.92 Å². The Kier molecular flexibility index (Phi) is 2.10. The van der Waals surface area contributed by atoms with Crippen molar-refractivity contribution in [3.63, 3.8) is 0 Å². The van der Waals surface area contributed by atoms with Gasteiger partial charge in [0.25, 0.3) is 0 Å². The Hall–Kier alpha value is -0.790. The van der Waals surface area contributed by atoms with Gasteiger partial charge in [0.15, 0.2) is 0 Å². The van der Waals surface area contributed by atoms with E-state index < -0.39 is 5.97 Å². The van der Waals surface area contributed by atoms with Gasteiger partial charge >= 0.3 is 5.97 Å². The number of hydrogen-bond acceptors (Lipinski definition) is 1. The second kappa shape index (κ2) is 2.86. The summed E-state index contributed by atoms with van der Waals surface area (Å²) >= 11 is 0. The monoisotopic (exact) mass is 140 g/mol. The lowest BCUT2D eigenvalue weighted by Gasteiger charge is -1.90. The van der Waals surface area contributed by atoms with Gasteiger partial charge < -0.3 is 5.11 Å². The molecule has 0 spiro atoms. The van der Waals surface area contributed by atoms with Crippen molar-refractivity contribution in [1.29, 1.82) is 0 Å². The zero-order valence-corrected chi connectivity index (χ0v) is 5.92. The van der Waals surface area contributed by atoms with Crippen LogP contribution in [0.15, 0.2) is 12.7 Å². The third-order valence-electron chi connectivity index (χ3n) is 1.98. The van der Waals surface area contributed by atoms with Crippen LogP contribution in [-0.2, 0) is 4.79 Å². The predicted molar refractivity (Wildman–Crippen MR) is 38.7 cm³/mol. The summed E-state index contributed by atoms with van der Waals surface area (Å²) in [4.78, 5) is 10.3. The van der Waals surface area contributed by atoms with Crippen LogP contribution in [0.2, 0.25) is 0 Å². The fourth-order valence-corrected chi connectivity index (χ4v) is 1.20. The molecule has 1 fully saturated rings. The van der Waals surface area contributed by atoms with Crippen LogP contribution in [0, 0.1) is 11.8 Å². The summed E-state index contributed by atoms with van der Waals surface area (Å²) in [6, 6.07) is 0. The van der Waals surface area contributed by atoms with E-state index in [0.717, 1.165) is 19.3 Å². The van der Waals surface area contributed by atoms with E-state index in [-0.39, 0.29) is 5.92 Å². The van der Waals surface area contributed by atoms with E-state index in [4.69, 9.17) is 5.11 Å². The third kappa shape index (κ3) is 1.59. The molecule has 0 unspecified atom stereocenters. The van der Waals surface area contributed by atoms with Gasteiger partial charge in [0, 0.05) is 0 Å². The predicted octanol–water partition coefficient (Wildman–Crippen LogP) is 1.67. The van der Waals surface area contributed by atoms with E-state index in [1.165, 1.54) is 0 Å². The summed E-state index contributed by atoms with van der Waals surface area (Å²) in [6.45, 7) is 3.58. The van der Waals surface area contributed by atoms with E-state index in [2.05, 4.69) is 6.58 Å². The van der Waals surface area contributed by atoms with E-state index >= 15 is 0 Å². The molecular formula is C8H12O2. The minimum absolute atomic E-state index is 0.0417. The Labute approximate surface area is 60.6 Å². The van der Waals surface area contributed by atoms with Gasteiger partial charge in [-0.1, -0.05) is 6.08 Å². The van der Waals surface area contributed by atoms with Crippen LogP contribution < -0.4 is 0 Å². The fraction of sp³-hybridized carbons (Fsp3) is 0.625. The molecule has 0 saturated heterocycles. The average Bonchev–Trinajstić information content (AvgIpc) is 2.62. The maximum Gasteiger partial charge on any atom is 0.306 e. The van der Waals surface area contributed by atoms with Gasteiger partial charge in [-0.2, -0.15) is 0 Å². The van der Waals surface area contributed by atoms with Gasteiger partial charge in [-0.15, -0.1) is 6.58 Å². The molecular weight excluding hydrogens is 128 g/mol. The van der Waals surface area contributed by atoms with E-state index in [1.807, 2.05) is 6.08 Å². The summed E-state index contributed by atoms with van der Waals surface area (Å²) in [5.41, 5.74) is 0. The molecule has 1 saturated carbocycles. The lowest BCUT2D eigenvalue weighted by atomic mass is 10.2. The van der Waals surface area contributed by atoms with Crippen molar-refractivity contribution in [3.8, 4) is 0 Å². The normalized spacial score (nSPS) is 29.6. The van der Waals surface area contributed by atoms with Gasteiger partial charge in [0.2, 0.25) is 0 Å². The van der Waals surface area contributed by atoms with Crippen LogP contribution in [0.5, 0.6) is 0 Å². The van der Waals surface area contributed by atoms with Gasteiger partial charge in [-0.25, -0.2) is 0 Å². The van der Waals surface area contributed by atoms with Gasteiger partial charge in [-0.05, 0) is 25.2 Å². The molecule has 0 aromatic carbocycles. The second-order valence-corrected chi connectivity index (χ2v) is 2.81. The first-order valence-corrected chi connectivity index (χ1v) is 3.59. The highest BCUT2D eigenvalue weighted by Crippen LogP contribution is 2.41. The molecule has 0 aliphatic heterocycles. The topological polar surface area (TPSA) is 37.3 Å². The van der Waals surface area contributed by atoms with E-state index in [9.17, 15) is 4.79 Å². The molecule has 1 aliphatic carbocycles. The first-order chi connectivity index (χ1) is 4.75. The number of rotatable bonds is 4. The van der Waals surface area contributed by atoms with Crippen molar-refractivity contribution in [2.24, 2.45) is 11.8 Å². The first kappa shape index (κ1) is 7.32. The van der Waals surface area contributed by atoms with Gasteiger partial charge in [0.1, 0.15) is 0 Å². The highest BCUT2D eigenvalue weighted by molar-refractivity contribution is 5.73. The zero-order chi connectivity index (χ0) is 7.56. The third-order valence-corrected chi connectivity index (χ3v) is 1.98. The number of carboxylic acids is 1. The Morgan fingerprint density at radius 2 is 2.50 bits per heavy atom. The Morgan fingerprint density at radius 3 is 2.90 bits per heavy atom. The van der Waals surface area contributed by atoms with Crippen molar-refractivity contribution in [2.75, 3.05) is 0 Å². The highest BCUT2D eigenvalue weighted by atomic mass is 16.4. The maximum absolute atomic E-state index is 10.3. The summed E-state index contributed by atoms with van der Waals surface area (Å²) < 4.78 is 0. The SMILES string of the molecule is C=CCC[C@@H]1C[C@@H]1C(=O)O. The molecule has 0 heterocycles. The smallest absolute Gasteiger partial charge is 0.306 e. The van der Waals surface area contributed by atoms with E-state index in [0.29, 0.717) is 5.92 Å². The minimum Gasteiger partial charge on any atom is -0.481 e. The molecule has 1 rings (SSSR count). The van der Waals surface area contributed by atoms with Crippen LogP contribution in [0.1, 0.15) is 19.3 Å². The summed E-state index contributed by atoms with van der Waals surface area (Å²) in [5, 5.41) is 8.50. The maximum atomic E-state index is 10.3. The van der Waals surface area contributed by atoms with Crippen molar-refractivity contribution in [3.05, 3.63) is 12.7 Å². The number of carbonyl (C=O) groups is 1. The Morgan fingerprint density at radius 1 is 1.80 bits per heavy atom. The Balaban J connectivity index is 2.13. The zero-order valence-electron chi connectivity index (χ0n) is 5.92. The van der Waals surface area contributed by atoms with Crippen LogP contribution in [0.4, 0.5) is 0 Å². The Bertz CT molecular complexity index is 151. The molecule has 0 radical (unpaired) electrons. The van der Waals surface area contributed by atoms with Crippen LogP contribution in [0.3, 0.4) is 0 Å². The number of carboxylic acid groups (broad SMARTS) is 1. The second-order valence-electron chi connectivity index (χ2n) is 2.81. The molecule has 56 valence electrons. The summed E-state index contributed by atoms with van der Waals surface area (Å²) in [5.74, 6) is -0.232. The number of allylic oxidation sites excluding steroid dienone is 1. The first-order valence-electron chi connectivity index (χ1n) is 3.59. The lowest BCUT2D eigenvalue weighted by molar-refractivity contribution is -0.138. The van der Waals surface area contributed by atoms with E-state index in [1.54, 1.807) is 0 Å². The quantitative estimate of drug-likeness (QED) is 0.603. The van der Waals surface area contributed by atoms with Crippen LogP contribution in [-0.4, -0.2) is 11.1 Å². The average molecular weight is 140 g/mol. The fourth-order valence-electron chi connectivity index (χ4n) is 1.20. The molecule has 1 aliphatic rings. The highest BCUT2D eigenvalue weighted by Gasteiger charge is 2.41. The molecule has 2 nitrogen and oxygen atoms in total. The number of hydrogen-bond donors (Lipinski definition) is 1. The molecule has 0 bridgehead atoms. The molecule has 2 atom stereocenters.